The van der Waals surface area contributed by atoms with Crippen molar-refractivity contribution in [2.45, 2.75) is 29.0 Å². The van der Waals surface area contributed by atoms with Crippen molar-refractivity contribution >= 4 is 33.0 Å². The van der Waals surface area contributed by atoms with Gasteiger partial charge in [0, 0.05) is 45.0 Å². The molecule has 2 aromatic rings. The fourth-order valence-corrected chi connectivity index (χ4v) is 6.98. The largest absolute Gasteiger partial charge is 0.421 e. The van der Waals surface area contributed by atoms with Gasteiger partial charge in [-0.15, -0.1) is 11.3 Å². The number of carbonyl (C=O) groups is 1. The number of rotatable bonds is 6. The SMILES string of the molecule is CC(O)(c1ccc(N2CCN(S(=O)(=O)c3cccs3)C[C@@H]2CN2CCNC(=O)C2)cc1)C(F)(F)F. The van der Waals surface area contributed by atoms with Gasteiger partial charge in [-0.25, -0.2) is 8.42 Å². The molecule has 0 spiro atoms. The molecule has 192 valence electrons. The Balaban J connectivity index is 1.59. The number of aliphatic hydroxyl groups is 1. The van der Waals surface area contributed by atoms with Gasteiger partial charge in [-0.1, -0.05) is 18.2 Å². The topological polar surface area (TPSA) is 93.2 Å². The molecular weight excluding hydrogens is 505 g/mol. The number of amides is 1. The van der Waals surface area contributed by atoms with Crippen LogP contribution in [0.1, 0.15) is 12.5 Å². The lowest BCUT2D eigenvalue weighted by Crippen LogP contribution is -2.60. The Kier molecular flexibility index (Phi) is 7.17. The Bertz CT molecular complexity index is 1140. The molecule has 2 aliphatic rings. The number of sulfonamides is 1. The third-order valence-corrected chi connectivity index (χ3v) is 9.67. The molecular formula is C22H27F3N4O4S2. The number of anilines is 1. The van der Waals surface area contributed by atoms with E-state index in [2.05, 4.69) is 5.32 Å². The standard InChI is InChI=1S/C22H27F3N4O4S2/c1-21(31,22(23,24)25)16-4-6-17(7-5-16)29-11-10-28(35(32,33)20-3-2-12-34-20)14-18(29)13-27-9-8-26-19(30)15-27/h2-7,12,18,31H,8-11,13-15H2,1H3,(H,26,30)/t18-,21?/m0/s1. The van der Waals surface area contributed by atoms with Gasteiger partial charge in [-0.3, -0.25) is 9.69 Å². The van der Waals surface area contributed by atoms with Crippen LogP contribution in [0.15, 0.2) is 46.0 Å². The predicted octanol–water partition coefficient (Wildman–Crippen LogP) is 1.83. The minimum atomic E-state index is -4.83. The first-order chi connectivity index (χ1) is 16.4. The molecule has 1 amide bonds. The van der Waals surface area contributed by atoms with E-state index in [-0.39, 0.29) is 41.4 Å². The number of nitrogens with one attached hydrogen (secondary N) is 1. The summed E-state index contributed by atoms with van der Waals surface area (Å²) in [5.74, 6) is -0.111. The van der Waals surface area contributed by atoms with Crippen molar-refractivity contribution in [3.05, 3.63) is 47.3 Å². The molecule has 0 aliphatic carbocycles. The third-order valence-electron chi connectivity index (χ3n) is 6.43. The highest BCUT2D eigenvalue weighted by atomic mass is 32.2. The summed E-state index contributed by atoms with van der Waals surface area (Å²) in [7, 11) is -3.68. The first-order valence-electron chi connectivity index (χ1n) is 11.1. The first kappa shape index (κ1) is 25.9. The Labute approximate surface area is 206 Å². The first-order valence-corrected chi connectivity index (χ1v) is 13.4. The van der Waals surface area contributed by atoms with Crippen molar-refractivity contribution < 1.29 is 31.5 Å². The monoisotopic (exact) mass is 532 g/mol. The third kappa shape index (κ3) is 5.33. The fourth-order valence-electron chi connectivity index (χ4n) is 4.37. The maximum absolute atomic E-state index is 13.2. The molecule has 2 saturated heterocycles. The molecule has 2 aliphatic heterocycles. The van der Waals surface area contributed by atoms with Crippen LogP contribution in [0.25, 0.3) is 0 Å². The number of piperazine rings is 2. The van der Waals surface area contributed by atoms with E-state index in [1.54, 1.807) is 17.5 Å². The van der Waals surface area contributed by atoms with E-state index in [0.29, 0.717) is 38.8 Å². The van der Waals surface area contributed by atoms with Crippen LogP contribution >= 0.6 is 11.3 Å². The van der Waals surface area contributed by atoms with Crippen LogP contribution < -0.4 is 10.2 Å². The Morgan fingerprint density at radius 2 is 1.86 bits per heavy atom. The van der Waals surface area contributed by atoms with Crippen molar-refractivity contribution in [2.75, 3.05) is 50.7 Å². The van der Waals surface area contributed by atoms with E-state index in [9.17, 15) is 31.5 Å². The van der Waals surface area contributed by atoms with Crippen molar-refractivity contribution in [2.24, 2.45) is 0 Å². The summed E-state index contributed by atoms with van der Waals surface area (Å²) in [4.78, 5) is 15.8. The minimum absolute atomic E-state index is 0.111. The number of carbonyl (C=O) groups excluding carboxylic acids is 1. The average molecular weight is 533 g/mol. The van der Waals surface area contributed by atoms with Crippen LogP contribution in [-0.2, 0) is 20.4 Å². The molecule has 35 heavy (non-hydrogen) atoms. The summed E-state index contributed by atoms with van der Waals surface area (Å²) in [6.45, 7) is 3.11. The van der Waals surface area contributed by atoms with Gasteiger partial charge in [0.15, 0.2) is 5.60 Å². The molecule has 2 atom stereocenters. The van der Waals surface area contributed by atoms with Gasteiger partial charge >= 0.3 is 6.18 Å². The van der Waals surface area contributed by atoms with E-state index in [4.69, 9.17) is 0 Å². The van der Waals surface area contributed by atoms with E-state index in [1.807, 2.05) is 9.80 Å². The maximum Gasteiger partial charge on any atom is 0.421 e. The fraction of sp³-hybridized carbons (Fsp3) is 0.500. The molecule has 1 unspecified atom stereocenters. The van der Waals surface area contributed by atoms with E-state index < -0.39 is 21.8 Å². The smallest absolute Gasteiger partial charge is 0.376 e. The van der Waals surface area contributed by atoms with Gasteiger partial charge in [0.1, 0.15) is 4.21 Å². The van der Waals surface area contributed by atoms with Gasteiger partial charge in [-0.2, -0.15) is 17.5 Å². The Morgan fingerprint density at radius 3 is 2.46 bits per heavy atom. The van der Waals surface area contributed by atoms with Crippen LogP contribution in [0.4, 0.5) is 18.9 Å². The van der Waals surface area contributed by atoms with Crippen molar-refractivity contribution in [1.82, 2.24) is 14.5 Å². The number of benzene rings is 1. The molecule has 0 saturated carbocycles. The molecule has 3 heterocycles. The molecule has 0 bridgehead atoms. The van der Waals surface area contributed by atoms with Crippen LogP contribution in [-0.4, -0.2) is 86.7 Å². The summed E-state index contributed by atoms with van der Waals surface area (Å²) in [5, 5.41) is 14.4. The molecule has 13 heteroatoms. The van der Waals surface area contributed by atoms with Crippen LogP contribution in [0, 0.1) is 0 Å². The van der Waals surface area contributed by atoms with Crippen molar-refractivity contribution in [1.29, 1.82) is 0 Å². The second-order valence-corrected chi connectivity index (χ2v) is 12.0. The lowest BCUT2D eigenvalue weighted by molar-refractivity contribution is -0.258. The number of nitrogens with zero attached hydrogens (tertiary/aromatic N) is 3. The molecule has 4 rings (SSSR count). The lowest BCUT2D eigenvalue weighted by atomic mass is 9.95. The highest BCUT2D eigenvalue weighted by molar-refractivity contribution is 7.91. The summed E-state index contributed by atoms with van der Waals surface area (Å²) < 4.78 is 67.7. The molecule has 0 radical (unpaired) electrons. The summed E-state index contributed by atoms with van der Waals surface area (Å²) in [5.41, 5.74) is -2.65. The summed E-state index contributed by atoms with van der Waals surface area (Å²) in [6, 6.07) is 8.39. The van der Waals surface area contributed by atoms with E-state index in [0.717, 1.165) is 11.3 Å². The van der Waals surface area contributed by atoms with E-state index >= 15 is 0 Å². The van der Waals surface area contributed by atoms with Crippen molar-refractivity contribution in [3.63, 3.8) is 0 Å². The lowest BCUT2D eigenvalue weighted by Gasteiger charge is -2.44. The summed E-state index contributed by atoms with van der Waals surface area (Å²) in [6.07, 6.45) is -4.83. The maximum atomic E-state index is 13.2. The normalized spacial score (nSPS) is 22.6. The molecule has 2 N–H and O–H groups in total. The van der Waals surface area contributed by atoms with Gasteiger partial charge in [0.25, 0.3) is 10.0 Å². The highest BCUT2D eigenvalue weighted by Gasteiger charge is 2.51. The number of halogens is 3. The number of hydrogen-bond acceptors (Lipinski definition) is 7. The molecule has 8 nitrogen and oxygen atoms in total. The zero-order valence-corrected chi connectivity index (χ0v) is 20.7. The van der Waals surface area contributed by atoms with Crippen LogP contribution in [0.3, 0.4) is 0 Å². The van der Waals surface area contributed by atoms with Crippen LogP contribution in [0.2, 0.25) is 0 Å². The summed E-state index contributed by atoms with van der Waals surface area (Å²) >= 11 is 1.14. The van der Waals surface area contributed by atoms with Crippen molar-refractivity contribution in [3.8, 4) is 0 Å². The van der Waals surface area contributed by atoms with Gasteiger partial charge in [0.2, 0.25) is 5.91 Å². The highest BCUT2D eigenvalue weighted by Crippen LogP contribution is 2.39. The Morgan fingerprint density at radius 1 is 1.14 bits per heavy atom. The zero-order chi connectivity index (χ0) is 25.4. The van der Waals surface area contributed by atoms with E-state index in [1.165, 1.54) is 28.6 Å². The minimum Gasteiger partial charge on any atom is -0.376 e. The number of thiophene rings is 1. The number of alkyl halides is 3. The van der Waals surface area contributed by atoms with Gasteiger partial charge < -0.3 is 15.3 Å². The second kappa shape index (κ2) is 9.69. The quantitative estimate of drug-likeness (QED) is 0.590. The predicted molar refractivity (Wildman–Crippen MR) is 126 cm³/mol. The van der Waals surface area contributed by atoms with Gasteiger partial charge in [0.05, 0.1) is 12.6 Å². The second-order valence-electron chi connectivity index (χ2n) is 8.84. The Hall–Kier alpha value is -2.19. The molecule has 1 aromatic heterocycles. The number of hydrogen-bond donors (Lipinski definition) is 2. The van der Waals surface area contributed by atoms with Gasteiger partial charge in [-0.05, 0) is 36.1 Å². The molecule has 2 fully saturated rings. The zero-order valence-electron chi connectivity index (χ0n) is 19.0. The average Bonchev–Trinajstić information content (AvgIpc) is 3.34. The molecule has 1 aromatic carbocycles. The van der Waals surface area contributed by atoms with Crippen LogP contribution in [0.5, 0.6) is 0 Å².